The van der Waals surface area contributed by atoms with Crippen molar-refractivity contribution in [2.75, 3.05) is 13.1 Å². The second-order valence-corrected chi connectivity index (χ2v) is 2.71. The molecule has 0 saturated carbocycles. The van der Waals surface area contributed by atoms with Gasteiger partial charge in [0.25, 0.3) is 11.5 Å². The summed E-state index contributed by atoms with van der Waals surface area (Å²) in [7, 11) is 0. The molecule has 0 bridgehead atoms. The van der Waals surface area contributed by atoms with Crippen molar-refractivity contribution in [1.82, 2.24) is 15.3 Å². The number of aromatic nitrogens is 2. The van der Waals surface area contributed by atoms with E-state index in [4.69, 9.17) is 5.73 Å². The van der Waals surface area contributed by atoms with Crippen LogP contribution in [0.5, 0.6) is 0 Å². The van der Waals surface area contributed by atoms with Gasteiger partial charge in [0.2, 0.25) is 0 Å². The number of H-pyrrole nitrogens is 1. The molecule has 0 aromatic carbocycles. The highest BCUT2D eigenvalue weighted by Gasteiger charge is 2.04. The van der Waals surface area contributed by atoms with Crippen LogP contribution in [0.2, 0.25) is 0 Å². The highest BCUT2D eigenvalue weighted by molar-refractivity contribution is 5.91. The summed E-state index contributed by atoms with van der Waals surface area (Å²) >= 11 is 0. The van der Waals surface area contributed by atoms with E-state index in [2.05, 4.69) is 15.3 Å². The number of nitrogens with two attached hydrogens (primary N) is 1. The summed E-state index contributed by atoms with van der Waals surface area (Å²) in [6.07, 6.45) is 5.80. The van der Waals surface area contributed by atoms with Crippen molar-refractivity contribution in [2.24, 2.45) is 5.73 Å². The van der Waals surface area contributed by atoms with E-state index < -0.39 is 0 Å². The maximum atomic E-state index is 11.4. The fourth-order valence-electron chi connectivity index (χ4n) is 0.888. The fourth-order valence-corrected chi connectivity index (χ4v) is 0.888. The van der Waals surface area contributed by atoms with E-state index in [9.17, 15) is 9.59 Å². The van der Waals surface area contributed by atoms with Crippen molar-refractivity contribution in [3.63, 3.8) is 0 Å². The molecule has 6 heteroatoms. The van der Waals surface area contributed by atoms with Gasteiger partial charge < -0.3 is 16.0 Å². The van der Waals surface area contributed by atoms with Gasteiger partial charge in [-0.25, -0.2) is 4.98 Å². The number of nitrogens with zero attached hydrogens (tertiary/aromatic N) is 1. The Bertz CT molecular complexity index is 390. The third-order valence-corrected chi connectivity index (χ3v) is 1.59. The molecule has 4 N–H and O–H groups in total. The molecular weight excluding hydrogens is 196 g/mol. The Kier molecular flexibility index (Phi) is 4.24. The van der Waals surface area contributed by atoms with E-state index >= 15 is 0 Å². The van der Waals surface area contributed by atoms with Gasteiger partial charge >= 0.3 is 0 Å². The maximum absolute atomic E-state index is 11.4. The van der Waals surface area contributed by atoms with Crippen molar-refractivity contribution in [3.05, 3.63) is 40.6 Å². The van der Waals surface area contributed by atoms with Crippen molar-refractivity contribution in [3.8, 4) is 0 Å². The summed E-state index contributed by atoms with van der Waals surface area (Å²) in [6, 6.07) is 0. The molecule has 0 fully saturated rings. The lowest BCUT2D eigenvalue weighted by atomic mass is 10.4. The van der Waals surface area contributed by atoms with Gasteiger partial charge in [0.15, 0.2) is 0 Å². The molecule has 0 spiro atoms. The van der Waals surface area contributed by atoms with Crippen LogP contribution in [0.1, 0.15) is 10.5 Å². The number of carbonyl (C=O) groups excluding carboxylic acids is 1. The van der Waals surface area contributed by atoms with Crippen molar-refractivity contribution in [2.45, 2.75) is 0 Å². The smallest absolute Gasteiger partial charge is 0.271 e. The monoisotopic (exact) mass is 208 g/mol. The highest BCUT2D eigenvalue weighted by atomic mass is 16.2. The minimum Gasteiger partial charge on any atom is -0.347 e. The second-order valence-electron chi connectivity index (χ2n) is 2.71. The molecule has 0 atom stereocenters. The van der Waals surface area contributed by atoms with Crippen LogP contribution in [0.3, 0.4) is 0 Å². The van der Waals surface area contributed by atoms with Gasteiger partial charge in [-0.3, -0.25) is 9.59 Å². The van der Waals surface area contributed by atoms with E-state index in [-0.39, 0.29) is 17.2 Å². The van der Waals surface area contributed by atoms with E-state index in [1.54, 1.807) is 12.2 Å². The predicted molar refractivity (Wildman–Crippen MR) is 55.4 cm³/mol. The number of aromatic amines is 1. The minimum absolute atomic E-state index is 0.177. The summed E-state index contributed by atoms with van der Waals surface area (Å²) in [5.41, 5.74) is 5.06. The summed E-state index contributed by atoms with van der Waals surface area (Å²) in [5, 5.41) is 2.59. The number of rotatable bonds is 4. The Morgan fingerprint density at radius 1 is 1.60 bits per heavy atom. The predicted octanol–water partition coefficient (Wildman–Crippen LogP) is -0.985. The molecule has 1 amide bonds. The van der Waals surface area contributed by atoms with Crippen LogP contribution in [-0.2, 0) is 0 Å². The molecule has 0 unspecified atom stereocenters. The molecule has 0 saturated heterocycles. The van der Waals surface area contributed by atoms with E-state index in [0.717, 1.165) is 6.20 Å². The number of carbonyl (C=O) groups is 1. The molecule has 1 aromatic rings. The second kappa shape index (κ2) is 5.71. The summed E-state index contributed by atoms with van der Waals surface area (Å²) in [6.45, 7) is 0.823. The lowest BCUT2D eigenvalue weighted by Gasteiger charge is -1.99. The van der Waals surface area contributed by atoms with Crippen molar-refractivity contribution in [1.29, 1.82) is 0 Å². The Balaban J connectivity index is 2.50. The molecule has 1 rings (SSSR count). The van der Waals surface area contributed by atoms with Crippen LogP contribution < -0.4 is 16.6 Å². The zero-order valence-electron chi connectivity index (χ0n) is 8.06. The zero-order valence-corrected chi connectivity index (χ0v) is 8.06. The van der Waals surface area contributed by atoms with Crippen LogP contribution in [0.25, 0.3) is 0 Å². The number of hydrogen-bond donors (Lipinski definition) is 3. The Morgan fingerprint density at radius 2 is 2.40 bits per heavy atom. The Hall–Kier alpha value is -1.95. The van der Waals surface area contributed by atoms with Gasteiger partial charge in [0.1, 0.15) is 5.69 Å². The van der Waals surface area contributed by atoms with Crippen LogP contribution in [0.4, 0.5) is 0 Å². The fraction of sp³-hybridized carbons (Fsp3) is 0.222. The van der Waals surface area contributed by atoms with E-state index in [1.807, 2.05) is 0 Å². The van der Waals surface area contributed by atoms with Crippen molar-refractivity contribution < 1.29 is 4.79 Å². The van der Waals surface area contributed by atoms with Gasteiger partial charge in [-0.05, 0) is 0 Å². The van der Waals surface area contributed by atoms with Crippen LogP contribution in [0.15, 0.2) is 29.3 Å². The molecule has 0 radical (unpaired) electrons. The van der Waals surface area contributed by atoms with E-state index in [0.29, 0.717) is 13.1 Å². The number of nitrogens with one attached hydrogen (secondary N) is 2. The first-order chi connectivity index (χ1) is 7.24. The SMILES string of the molecule is NC/C=C/CNC(=O)c1c[nH]c(=O)cn1. The largest absolute Gasteiger partial charge is 0.347 e. The molecule has 15 heavy (non-hydrogen) atoms. The molecule has 0 aliphatic heterocycles. The molecule has 0 aliphatic rings. The molecule has 80 valence electrons. The van der Waals surface area contributed by atoms with Gasteiger partial charge in [-0.15, -0.1) is 0 Å². The summed E-state index contributed by atoms with van der Waals surface area (Å²) in [5.74, 6) is -0.340. The zero-order chi connectivity index (χ0) is 11.1. The molecular formula is C9H12N4O2. The van der Waals surface area contributed by atoms with Crippen LogP contribution >= 0.6 is 0 Å². The third-order valence-electron chi connectivity index (χ3n) is 1.59. The topological polar surface area (TPSA) is 101 Å². The normalized spacial score (nSPS) is 10.5. The summed E-state index contributed by atoms with van der Waals surface area (Å²) in [4.78, 5) is 28.1. The van der Waals surface area contributed by atoms with Gasteiger partial charge in [-0.2, -0.15) is 0 Å². The van der Waals surface area contributed by atoms with Gasteiger partial charge in [0.05, 0.1) is 6.20 Å². The molecule has 1 heterocycles. The number of hydrogen-bond acceptors (Lipinski definition) is 4. The molecule has 1 aromatic heterocycles. The quantitative estimate of drug-likeness (QED) is 0.553. The first-order valence-corrected chi connectivity index (χ1v) is 4.42. The molecule has 0 aliphatic carbocycles. The average molecular weight is 208 g/mol. The summed E-state index contributed by atoms with van der Waals surface area (Å²) < 4.78 is 0. The average Bonchev–Trinajstić information content (AvgIpc) is 2.25. The van der Waals surface area contributed by atoms with E-state index in [1.165, 1.54) is 6.20 Å². The first kappa shape index (κ1) is 11.1. The number of amides is 1. The van der Waals surface area contributed by atoms with Gasteiger partial charge in [0, 0.05) is 19.3 Å². The third kappa shape index (κ3) is 3.74. The Morgan fingerprint density at radius 3 is 3.00 bits per heavy atom. The Labute approximate surface area is 86.2 Å². The lowest BCUT2D eigenvalue weighted by molar-refractivity contribution is 0.0952. The van der Waals surface area contributed by atoms with Crippen LogP contribution in [-0.4, -0.2) is 29.0 Å². The first-order valence-electron chi connectivity index (χ1n) is 4.42. The van der Waals surface area contributed by atoms with Crippen molar-refractivity contribution >= 4 is 5.91 Å². The lowest BCUT2D eigenvalue weighted by Crippen LogP contribution is -2.25. The standard InChI is InChI=1S/C9H12N4O2/c10-3-1-2-4-11-9(15)7-5-13-8(14)6-12-7/h1-2,5-6H,3-4,10H2,(H,11,15)(H,13,14)/b2-1+. The maximum Gasteiger partial charge on any atom is 0.271 e. The van der Waals surface area contributed by atoms with Gasteiger partial charge in [-0.1, -0.05) is 12.2 Å². The highest BCUT2D eigenvalue weighted by Crippen LogP contribution is 1.86. The molecule has 6 nitrogen and oxygen atoms in total. The minimum atomic E-state index is -0.340. The van der Waals surface area contributed by atoms with Crippen LogP contribution in [0, 0.1) is 0 Å².